The molecule has 0 aliphatic rings. The van der Waals surface area contributed by atoms with Crippen molar-refractivity contribution < 1.29 is 19.0 Å². The van der Waals surface area contributed by atoms with Crippen LogP contribution in [0.1, 0.15) is 231 Å². The maximum atomic E-state index is 11.7. The van der Waals surface area contributed by atoms with Gasteiger partial charge >= 0.3 is 0 Å². The van der Waals surface area contributed by atoms with Crippen LogP contribution in [0.4, 0.5) is 0 Å². The minimum Gasteiger partial charge on any atom is -0.820 e. The standard InChI is InChI=1S/C44H81O4P/c1-5-8-11-14-17-18-19-20-21-22-23-24-27-30-33-38-43(48-49(45)46)40(4)47-44-39-34-36-41(35-31-28-25-15-12-9-6-2)42(44)37-32-29-26-16-13-10-7-3/h34,36,39-40,43H,5-33,35,37-38H2,1-4H3/q-2. The first-order chi connectivity index (χ1) is 24.0. The van der Waals surface area contributed by atoms with Crippen molar-refractivity contribution in [2.45, 2.75) is 245 Å². The van der Waals surface area contributed by atoms with Crippen molar-refractivity contribution in [3.8, 4) is 5.75 Å². The highest BCUT2D eigenvalue weighted by atomic mass is 31.2. The van der Waals surface area contributed by atoms with Crippen LogP contribution in [-0.2, 0) is 17.4 Å². The van der Waals surface area contributed by atoms with E-state index in [2.05, 4.69) is 39.0 Å². The summed E-state index contributed by atoms with van der Waals surface area (Å²) in [4.78, 5) is 23.4. The van der Waals surface area contributed by atoms with Gasteiger partial charge in [-0.15, -0.1) is 0 Å². The number of rotatable bonds is 37. The third-order valence-corrected chi connectivity index (χ3v) is 10.9. The van der Waals surface area contributed by atoms with Crippen LogP contribution in [0.2, 0.25) is 0 Å². The molecular weight excluding hydrogens is 623 g/mol. The molecule has 2 atom stereocenters. The molecule has 0 saturated carbocycles. The van der Waals surface area contributed by atoms with E-state index in [-0.39, 0.29) is 6.10 Å². The average Bonchev–Trinajstić information content (AvgIpc) is 3.09. The van der Waals surface area contributed by atoms with Gasteiger partial charge in [-0.1, -0.05) is 206 Å². The van der Waals surface area contributed by atoms with Gasteiger partial charge in [0, 0.05) is 0 Å². The van der Waals surface area contributed by atoms with Gasteiger partial charge in [-0.05, 0) is 56.2 Å². The lowest BCUT2D eigenvalue weighted by molar-refractivity contribution is -0.323. The highest BCUT2D eigenvalue weighted by Crippen LogP contribution is 2.31. The second kappa shape index (κ2) is 34.4. The molecule has 1 rings (SSSR count). The Labute approximate surface area is 307 Å². The van der Waals surface area contributed by atoms with Crippen LogP contribution in [0.5, 0.6) is 5.75 Å². The fourth-order valence-electron chi connectivity index (χ4n) is 7.25. The van der Waals surface area contributed by atoms with E-state index >= 15 is 0 Å². The predicted molar refractivity (Wildman–Crippen MR) is 211 cm³/mol. The highest BCUT2D eigenvalue weighted by Gasteiger charge is 2.21. The Morgan fingerprint density at radius 3 is 1.33 bits per heavy atom. The summed E-state index contributed by atoms with van der Waals surface area (Å²) in [5, 5.41) is 0. The summed E-state index contributed by atoms with van der Waals surface area (Å²) in [5.41, 5.74) is 2.75. The van der Waals surface area contributed by atoms with Gasteiger partial charge < -0.3 is 19.0 Å². The third kappa shape index (κ3) is 26.7. The molecule has 0 heterocycles. The molecule has 0 saturated heterocycles. The number of unbranched alkanes of at least 4 members (excludes halogenated alkanes) is 26. The van der Waals surface area contributed by atoms with Gasteiger partial charge in [0.15, 0.2) is 0 Å². The molecule has 0 fully saturated rings. The van der Waals surface area contributed by atoms with Crippen molar-refractivity contribution in [1.82, 2.24) is 0 Å². The maximum Gasteiger partial charge on any atom is 0.123 e. The molecule has 0 bridgehead atoms. The quantitative estimate of drug-likeness (QED) is 0.0511. The lowest BCUT2D eigenvalue weighted by atomic mass is 9.95. The van der Waals surface area contributed by atoms with Crippen molar-refractivity contribution in [1.29, 1.82) is 0 Å². The first kappa shape index (κ1) is 46.4. The second-order valence-electron chi connectivity index (χ2n) is 15.1. The normalized spacial score (nSPS) is 13.0. The summed E-state index contributed by atoms with van der Waals surface area (Å²) in [6, 6.07) is 6.53. The number of ether oxygens (including phenoxy) is 1. The Bertz CT molecular complexity index is 831. The van der Waals surface area contributed by atoms with E-state index in [1.807, 2.05) is 6.92 Å². The molecule has 0 aliphatic carbocycles. The summed E-state index contributed by atoms with van der Waals surface area (Å²) >= 11 is 0. The summed E-state index contributed by atoms with van der Waals surface area (Å²) in [6.45, 7) is 8.83. The van der Waals surface area contributed by atoms with E-state index in [1.54, 1.807) is 0 Å². The van der Waals surface area contributed by atoms with E-state index in [1.165, 1.54) is 184 Å². The fraction of sp³-hybridized carbons (Fsp3) is 0.864. The van der Waals surface area contributed by atoms with Crippen molar-refractivity contribution in [3.63, 3.8) is 0 Å². The average molecular weight is 705 g/mol. The minimum atomic E-state index is -2.92. The summed E-state index contributed by atoms with van der Waals surface area (Å²) in [6.07, 6.45) is 40.1. The molecule has 0 amide bonds. The van der Waals surface area contributed by atoms with Crippen molar-refractivity contribution in [3.05, 3.63) is 29.3 Å². The van der Waals surface area contributed by atoms with E-state index in [0.717, 1.165) is 31.4 Å². The molecule has 49 heavy (non-hydrogen) atoms. The largest absolute Gasteiger partial charge is 0.820 e. The van der Waals surface area contributed by atoms with Crippen LogP contribution in [0.3, 0.4) is 0 Å². The first-order valence-corrected chi connectivity index (χ1v) is 22.7. The Kier molecular flexibility index (Phi) is 32.6. The smallest absolute Gasteiger partial charge is 0.123 e. The molecule has 1 aromatic rings. The van der Waals surface area contributed by atoms with Crippen LogP contribution in [0.25, 0.3) is 0 Å². The second-order valence-corrected chi connectivity index (χ2v) is 15.7. The van der Waals surface area contributed by atoms with Crippen LogP contribution >= 0.6 is 8.60 Å². The minimum absolute atomic E-state index is 0.318. The van der Waals surface area contributed by atoms with E-state index in [0.29, 0.717) is 6.42 Å². The summed E-state index contributed by atoms with van der Waals surface area (Å²) < 4.78 is 12.1. The topological polar surface area (TPSA) is 64.6 Å². The molecule has 4 nitrogen and oxygen atoms in total. The molecular formula is C44H81O4P-2. The Morgan fingerprint density at radius 1 is 0.510 bits per heavy atom. The number of hydrogen-bond acceptors (Lipinski definition) is 4. The number of hydrogen-bond donors (Lipinski definition) is 0. The fourth-order valence-corrected chi connectivity index (χ4v) is 7.75. The lowest BCUT2D eigenvalue weighted by Gasteiger charge is -2.37. The van der Waals surface area contributed by atoms with Gasteiger partial charge in [0.2, 0.25) is 0 Å². The molecule has 0 aromatic heterocycles. The Hall–Kier alpha value is -0.670. The van der Waals surface area contributed by atoms with E-state index in [9.17, 15) is 9.79 Å². The zero-order valence-electron chi connectivity index (χ0n) is 33.1. The molecule has 5 heteroatoms. The van der Waals surface area contributed by atoms with Crippen molar-refractivity contribution >= 4 is 8.60 Å². The van der Waals surface area contributed by atoms with Crippen molar-refractivity contribution in [2.24, 2.45) is 0 Å². The van der Waals surface area contributed by atoms with Crippen LogP contribution in [-0.4, -0.2) is 12.2 Å². The monoisotopic (exact) mass is 705 g/mol. The highest BCUT2D eigenvalue weighted by molar-refractivity contribution is 7.36. The van der Waals surface area contributed by atoms with Gasteiger partial charge in [-0.25, -0.2) is 0 Å². The summed E-state index contributed by atoms with van der Waals surface area (Å²) in [7, 11) is -2.92. The molecule has 0 spiro atoms. The lowest BCUT2D eigenvalue weighted by Crippen LogP contribution is -2.33. The summed E-state index contributed by atoms with van der Waals surface area (Å²) in [5.74, 6) is 0.935. The van der Waals surface area contributed by atoms with E-state index in [4.69, 9.17) is 9.26 Å². The van der Waals surface area contributed by atoms with Gasteiger partial charge in [0.1, 0.15) is 11.9 Å². The number of aryl methyl sites for hydroxylation is 1. The Balaban J connectivity index is 2.57. The van der Waals surface area contributed by atoms with Gasteiger partial charge in [-0.3, -0.25) is 0 Å². The molecule has 1 aromatic carbocycles. The third-order valence-electron chi connectivity index (χ3n) is 10.5. The van der Waals surface area contributed by atoms with Gasteiger partial charge in [0.25, 0.3) is 0 Å². The molecule has 2 unspecified atom stereocenters. The van der Waals surface area contributed by atoms with Gasteiger partial charge in [0.05, 0.1) is 6.10 Å². The molecule has 288 valence electrons. The molecule has 0 aliphatic heterocycles. The van der Waals surface area contributed by atoms with Crippen LogP contribution < -0.4 is 14.5 Å². The maximum absolute atomic E-state index is 11.7. The van der Waals surface area contributed by atoms with E-state index < -0.39 is 14.7 Å². The predicted octanol–water partition coefficient (Wildman–Crippen LogP) is 13.6. The molecule has 0 N–H and O–H groups in total. The first-order valence-electron chi connectivity index (χ1n) is 21.6. The Morgan fingerprint density at radius 2 is 0.898 bits per heavy atom. The SMILES string of the molecule is CCCCCCCCCCCCCCCCCC(OP([O-])[O-])C(C)Oc1cccc(CCCCCCCCC)c1CCCCCCCCC. The zero-order valence-corrected chi connectivity index (χ0v) is 34.0. The van der Waals surface area contributed by atoms with Crippen molar-refractivity contribution in [2.75, 3.05) is 0 Å². The van der Waals surface area contributed by atoms with Gasteiger partial charge in [-0.2, -0.15) is 8.60 Å². The zero-order chi connectivity index (χ0) is 35.6. The van der Waals surface area contributed by atoms with Crippen LogP contribution in [0, 0.1) is 0 Å². The molecule has 0 radical (unpaired) electrons. The van der Waals surface area contributed by atoms with Crippen LogP contribution in [0.15, 0.2) is 18.2 Å². The number of benzene rings is 1.